The van der Waals surface area contributed by atoms with Crippen LogP contribution in [0.3, 0.4) is 0 Å². The van der Waals surface area contributed by atoms with Crippen molar-refractivity contribution >= 4 is 5.97 Å². The predicted molar refractivity (Wildman–Crippen MR) is 56.6 cm³/mol. The number of aryl methyl sites for hydroxylation is 1. The van der Waals surface area contributed by atoms with Crippen molar-refractivity contribution < 1.29 is 22.7 Å². The second kappa shape index (κ2) is 4.61. The fourth-order valence-electron chi connectivity index (χ4n) is 1.16. The highest BCUT2D eigenvalue weighted by atomic mass is 19.4. The van der Waals surface area contributed by atoms with Gasteiger partial charge in [-0.1, -0.05) is 6.58 Å². The van der Waals surface area contributed by atoms with Crippen LogP contribution in [0, 0.1) is 6.92 Å². The Hall–Kier alpha value is -1.78. The third kappa shape index (κ3) is 3.62. The van der Waals surface area contributed by atoms with Crippen LogP contribution in [0.4, 0.5) is 13.2 Å². The Kier molecular flexibility index (Phi) is 3.60. The summed E-state index contributed by atoms with van der Waals surface area (Å²) in [6.07, 6.45) is -4.46. The van der Waals surface area contributed by atoms with E-state index in [0.717, 1.165) is 12.1 Å². The largest absolute Gasteiger partial charge is 0.423 e. The maximum atomic E-state index is 12.5. The van der Waals surface area contributed by atoms with Crippen molar-refractivity contribution in [2.75, 3.05) is 0 Å². The Bertz CT molecular complexity index is 461. The molecule has 0 saturated heterocycles. The lowest BCUT2D eigenvalue weighted by Crippen LogP contribution is -2.10. The number of carbonyl (C=O) groups excluding carboxylic acids is 1. The van der Waals surface area contributed by atoms with Gasteiger partial charge in [-0.2, -0.15) is 13.2 Å². The van der Waals surface area contributed by atoms with Crippen molar-refractivity contribution in [1.29, 1.82) is 0 Å². The molecule has 0 saturated carbocycles. The summed E-state index contributed by atoms with van der Waals surface area (Å²) < 4.78 is 42.2. The van der Waals surface area contributed by atoms with Crippen molar-refractivity contribution in [1.82, 2.24) is 0 Å². The highest BCUT2D eigenvalue weighted by molar-refractivity contribution is 5.88. The van der Waals surface area contributed by atoms with Gasteiger partial charge in [-0.15, -0.1) is 0 Å². The Balaban J connectivity index is 3.06. The lowest BCUT2D eigenvalue weighted by Gasteiger charge is -2.10. The van der Waals surface area contributed by atoms with Crippen LogP contribution in [-0.2, 0) is 11.0 Å². The molecule has 0 bridgehead atoms. The summed E-state index contributed by atoms with van der Waals surface area (Å²) in [6, 6.07) is 3.13. The van der Waals surface area contributed by atoms with E-state index < -0.39 is 17.7 Å². The Morgan fingerprint density at radius 2 is 1.88 bits per heavy atom. The minimum atomic E-state index is -4.46. The summed E-state index contributed by atoms with van der Waals surface area (Å²) >= 11 is 0. The van der Waals surface area contributed by atoms with E-state index in [9.17, 15) is 18.0 Å². The lowest BCUT2D eigenvalue weighted by molar-refractivity contribution is -0.138. The van der Waals surface area contributed by atoms with Gasteiger partial charge in [0, 0.05) is 5.57 Å². The molecule has 1 aromatic rings. The molecule has 5 heteroatoms. The van der Waals surface area contributed by atoms with Gasteiger partial charge in [0.05, 0.1) is 5.56 Å². The Morgan fingerprint density at radius 1 is 1.29 bits per heavy atom. The molecule has 0 amide bonds. The van der Waals surface area contributed by atoms with E-state index in [1.165, 1.54) is 19.9 Å². The Labute approximate surface area is 96.7 Å². The van der Waals surface area contributed by atoms with Crippen LogP contribution in [0.15, 0.2) is 30.4 Å². The van der Waals surface area contributed by atoms with Gasteiger partial charge in [-0.3, -0.25) is 0 Å². The molecule has 17 heavy (non-hydrogen) atoms. The minimum Gasteiger partial charge on any atom is -0.423 e. The third-order valence-corrected chi connectivity index (χ3v) is 1.94. The van der Waals surface area contributed by atoms with Gasteiger partial charge in [0.25, 0.3) is 0 Å². The third-order valence-electron chi connectivity index (χ3n) is 1.94. The van der Waals surface area contributed by atoms with Gasteiger partial charge < -0.3 is 4.74 Å². The van der Waals surface area contributed by atoms with Gasteiger partial charge in [0.2, 0.25) is 0 Å². The molecule has 92 valence electrons. The molecule has 2 nitrogen and oxygen atoms in total. The van der Waals surface area contributed by atoms with E-state index in [0.29, 0.717) is 5.56 Å². The molecule has 0 N–H and O–H groups in total. The van der Waals surface area contributed by atoms with E-state index in [4.69, 9.17) is 4.74 Å². The summed E-state index contributed by atoms with van der Waals surface area (Å²) in [6.45, 7) is 6.26. The Morgan fingerprint density at radius 3 is 2.35 bits per heavy atom. The number of ether oxygens (including phenoxy) is 1. The van der Waals surface area contributed by atoms with Gasteiger partial charge >= 0.3 is 12.1 Å². The summed E-state index contributed by atoms with van der Waals surface area (Å²) in [4.78, 5) is 11.2. The number of carbonyl (C=O) groups is 1. The fraction of sp³-hybridized carbons (Fsp3) is 0.250. The van der Waals surface area contributed by atoms with Crippen molar-refractivity contribution in [3.8, 4) is 5.75 Å². The number of alkyl halides is 3. The first kappa shape index (κ1) is 13.3. The van der Waals surface area contributed by atoms with E-state index in [1.54, 1.807) is 0 Å². The van der Waals surface area contributed by atoms with E-state index in [-0.39, 0.29) is 11.3 Å². The quantitative estimate of drug-likeness (QED) is 0.452. The van der Waals surface area contributed by atoms with Crippen LogP contribution < -0.4 is 4.74 Å². The van der Waals surface area contributed by atoms with E-state index in [1.807, 2.05) is 0 Å². The first-order valence-electron chi connectivity index (χ1n) is 4.76. The number of halogens is 3. The highest BCUT2D eigenvalue weighted by Crippen LogP contribution is 2.32. The van der Waals surface area contributed by atoms with Crippen LogP contribution in [0.2, 0.25) is 0 Å². The minimum absolute atomic E-state index is 0.125. The zero-order chi connectivity index (χ0) is 13.2. The van der Waals surface area contributed by atoms with E-state index in [2.05, 4.69) is 6.58 Å². The van der Waals surface area contributed by atoms with Crippen LogP contribution in [0.1, 0.15) is 18.1 Å². The van der Waals surface area contributed by atoms with Crippen LogP contribution in [0.5, 0.6) is 5.75 Å². The SMILES string of the molecule is C=C(C)C(=O)Oc1cc(C)cc(C(F)(F)F)c1. The normalized spacial score (nSPS) is 11.1. The summed E-state index contributed by atoms with van der Waals surface area (Å²) in [7, 11) is 0. The number of hydrogen-bond acceptors (Lipinski definition) is 2. The van der Waals surface area contributed by atoms with Crippen LogP contribution >= 0.6 is 0 Å². The van der Waals surface area contributed by atoms with Crippen LogP contribution in [0.25, 0.3) is 0 Å². The summed E-state index contributed by atoms with van der Waals surface area (Å²) in [5.41, 5.74) is -0.355. The number of hydrogen-bond donors (Lipinski definition) is 0. The average Bonchev–Trinajstić information content (AvgIpc) is 2.15. The smallest absolute Gasteiger partial charge is 0.416 e. The first-order valence-corrected chi connectivity index (χ1v) is 4.76. The van der Waals surface area contributed by atoms with Crippen LogP contribution in [-0.4, -0.2) is 5.97 Å². The van der Waals surface area contributed by atoms with Gasteiger partial charge in [0.1, 0.15) is 5.75 Å². The maximum Gasteiger partial charge on any atom is 0.416 e. The molecule has 1 rings (SSSR count). The lowest BCUT2D eigenvalue weighted by atomic mass is 10.1. The van der Waals surface area contributed by atoms with Gasteiger partial charge in [-0.05, 0) is 37.6 Å². The van der Waals surface area contributed by atoms with Gasteiger partial charge in [0.15, 0.2) is 0 Å². The molecule has 0 aliphatic heterocycles. The number of rotatable bonds is 2. The molecule has 0 aliphatic rings. The first-order chi connectivity index (χ1) is 7.70. The average molecular weight is 244 g/mol. The number of benzene rings is 1. The zero-order valence-electron chi connectivity index (χ0n) is 9.39. The second-order valence-electron chi connectivity index (χ2n) is 3.70. The van der Waals surface area contributed by atoms with Crippen molar-refractivity contribution in [3.63, 3.8) is 0 Å². The molecule has 0 unspecified atom stereocenters. The predicted octanol–water partition coefficient (Wildman–Crippen LogP) is 3.50. The molecule has 0 aromatic heterocycles. The molecule has 0 aliphatic carbocycles. The molecule has 0 spiro atoms. The second-order valence-corrected chi connectivity index (χ2v) is 3.70. The standard InChI is InChI=1S/C12H11F3O2/c1-7(2)11(16)17-10-5-8(3)4-9(6-10)12(13,14)15/h4-6H,1H2,2-3H3. The molecule has 0 fully saturated rings. The molecular formula is C12H11F3O2. The molecule has 0 radical (unpaired) electrons. The topological polar surface area (TPSA) is 26.3 Å². The highest BCUT2D eigenvalue weighted by Gasteiger charge is 2.31. The van der Waals surface area contributed by atoms with Crippen molar-refractivity contribution in [2.24, 2.45) is 0 Å². The molecule has 1 aromatic carbocycles. The summed E-state index contributed by atoms with van der Waals surface area (Å²) in [5.74, 6) is -0.881. The van der Waals surface area contributed by atoms with Crippen molar-refractivity contribution in [3.05, 3.63) is 41.5 Å². The molecule has 0 heterocycles. The summed E-state index contributed by atoms with van der Waals surface area (Å²) in [5, 5.41) is 0. The maximum absolute atomic E-state index is 12.5. The monoisotopic (exact) mass is 244 g/mol. The fourth-order valence-corrected chi connectivity index (χ4v) is 1.16. The van der Waals surface area contributed by atoms with E-state index >= 15 is 0 Å². The van der Waals surface area contributed by atoms with Gasteiger partial charge in [-0.25, -0.2) is 4.79 Å². The number of esters is 1. The molecular weight excluding hydrogens is 233 g/mol. The van der Waals surface area contributed by atoms with Crippen molar-refractivity contribution in [2.45, 2.75) is 20.0 Å². The zero-order valence-corrected chi connectivity index (χ0v) is 9.39. The molecule has 0 atom stereocenters.